The number of ketones is 1. The Morgan fingerprint density at radius 2 is 1.55 bits per heavy atom. The second-order valence-electron chi connectivity index (χ2n) is 7.33. The van der Waals surface area contributed by atoms with Crippen LogP contribution in [0.2, 0.25) is 0 Å². The van der Waals surface area contributed by atoms with Gasteiger partial charge in [-0.05, 0) is 48.4 Å². The molecule has 0 spiro atoms. The minimum absolute atomic E-state index is 0.000312. The molecule has 1 amide bonds. The van der Waals surface area contributed by atoms with Gasteiger partial charge in [0.25, 0.3) is 11.7 Å². The lowest BCUT2D eigenvalue weighted by Crippen LogP contribution is -2.31. The second-order valence-corrected chi connectivity index (χ2v) is 7.33. The normalized spacial score (nSPS) is 17.2. The average Bonchev–Trinajstić information content (AvgIpc) is 3.08. The van der Waals surface area contributed by atoms with E-state index in [1.54, 1.807) is 36.4 Å². The molecule has 2 aromatic carbocycles. The quantitative estimate of drug-likeness (QED) is 0.270. The molecule has 2 N–H and O–H groups in total. The van der Waals surface area contributed by atoms with Crippen LogP contribution in [-0.4, -0.2) is 59.5 Å². The van der Waals surface area contributed by atoms with Crippen LogP contribution in [0.4, 0.5) is 0 Å². The van der Waals surface area contributed by atoms with Crippen molar-refractivity contribution in [3.8, 4) is 5.75 Å². The van der Waals surface area contributed by atoms with Crippen LogP contribution >= 0.6 is 0 Å². The third-order valence-electron chi connectivity index (χ3n) is 5.34. The number of rotatable bonds is 8. The largest absolute Gasteiger partial charge is 0.507 e. The number of esters is 1. The van der Waals surface area contributed by atoms with Crippen LogP contribution in [0, 0.1) is 0 Å². The minimum Gasteiger partial charge on any atom is -0.507 e. The van der Waals surface area contributed by atoms with Crippen molar-refractivity contribution in [2.45, 2.75) is 18.9 Å². The number of likely N-dealkylation sites (tertiary alicyclic amines) is 1. The summed E-state index contributed by atoms with van der Waals surface area (Å²) in [5, 5.41) is 19.9. The van der Waals surface area contributed by atoms with Gasteiger partial charge in [-0.15, -0.1) is 0 Å². The summed E-state index contributed by atoms with van der Waals surface area (Å²) in [7, 11) is 2.75. The third kappa shape index (κ3) is 4.87. The maximum Gasteiger partial charge on any atom is 0.337 e. The molecular formula is C24H23NO8. The van der Waals surface area contributed by atoms with E-state index < -0.39 is 29.7 Å². The van der Waals surface area contributed by atoms with Gasteiger partial charge in [0.2, 0.25) is 0 Å². The van der Waals surface area contributed by atoms with Gasteiger partial charge < -0.3 is 24.6 Å². The molecule has 0 radical (unpaired) electrons. The molecule has 1 aliphatic heterocycles. The van der Waals surface area contributed by atoms with Gasteiger partial charge in [0.1, 0.15) is 11.5 Å². The standard InChI is InChI=1S/C24H23NO8/c1-32-17-11-9-15(10-12-17)21(28)19-20(14-5-7-16(8-6-14)24(31)33-2)25(23(30)22(19)29)13-3-4-18(26)27/h5-12,20,28H,3-4,13H2,1-2H3,(H,26,27)/t20-/m1/s1. The molecule has 1 atom stereocenters. The number of nitrogens with zero attached hydrogens (tertiary/aromatic N) is 1. The lowest BCUT2D eigenvalue weighted by atomic mass is 9.94. The Morgan fingerprint density at radius 1 is 0.939 bits per heavy atom. The zero-order valence-corrected chi connectivity index (χ0v) is 18.1. The lowest BCUT2D eigenvalue weighted by Gasteiger charge is -2.25. The fraction of sp³-hybridized carbons (Fsp3) is 0.250. The van der Waals surface area contributed by atoms with E-state index in [0.29, 0.717) is 16.9 Å². The molecule has 0 unspecified atom stereocenters. The Labute approximate surface area is 189 Å². The molecular weight excluding hydrogens is 430 g/mol. The summed E-state index contributed by atoms with van der Waals surface area (Å²) in [6.45, 7) is -0.000312. The SMILES string of the molecule is COC(=O)c1ccc([C@@H]2C(=C(O)c3ccc(OC)cc3)C(=O)C(=O)N2CCCC(=O)O)cc1. The number of hydrogen-bond acceptors (Lipinski definition) is 7. The van der Waals surface area contributed by atoms with Gasteiger partial charge in [-0.25, -0.2) is 4.79 Å². The summed E-state index contributed by atoms with van der Waals surface area (Å²) in [6.07, 6.45) is -0.0584. The number of carbonyl (C=O) groups excluding carboxylic acids is 3. The van der Waals surface area contributed by atoms with Gasteiger partial charge >= 0.3 is 11.9 Å². The predicted octanol–water partition coefficient (Wildman–Crippen LogP) is 2.77. The summed E-state index contributed by atoms with van der Waals surface area (Å²) in [4.78, 5) is 49.7. The molecule has 1 heterocycles. The van der Waals surface area contributed by atoms with Crippen molar-refractivity contribution < 1.29 is 38.9 Å². The van der Waals surface area contributed by atoms with Crippen LogP contribution in [0.25, 0.3) is 5.76 Å². The zero-order chi connectivity index (χ0) is 24.1. The molecule has 3 rings (SSSR count). The van der Waals surface area contributed by atoms with Gasteiger partial charge in [0, 0.05) is 18.5 Å². The number of benzene rings is 2. The molecule has 172 valence electrons. The zero-order valence-electron chi connectivity index (χ0n) is 18.1. The van der Waals surface area contributed by atoms with Crippen molar-refractivity contribution in [1.82, 2.24) is 4.90 Å². The summed E-state index contributed by atoms with van der Waals surface area (Å²) in [5.41, 5.74) is 0.952. The van der Waals surface area contributed by atoms with E-state index in [1.165, 1.54) is 31.3 Å². The Hall–Kier alpha value is -4.14. The third-order valence-corrected chi connectivity index (χ3v) is 5.34. The molecule has 9 nitrogen and oxygen atoms in total. The predicted molar refractivity (Wildman–Crippen MR) is 117 cm³/mol. The fourth-order valence-electron chi connectivity index (χ4n) is 3.68. The molecule has 2 aromatic rings. The number of amides is 1. The molecule has 33 heavy (non-hydrogen) atoms. The highest BCUT2D eigenvalue weighted by molar-refractivity contribution is 6.46. The van der Waals surface area contributed by atoms with Gasteiger partial charge in [-0.2, -0.15) is 0 Å². The van der Waals surface area contributed by atoms with E-state index in [4.69, 9.17) is 14.6 Å². The van der Waals surface area contributed by atoms with Crippen LogP contribution in [0.1, 0.15) is 40.4 Å². The van der Waals surface area contributed by atoms with E-state index in [9.17, 15) is 24.3 Å². The highest BCUT2D eigenvalue weighted by Crippen LogP contribution is 2.39. The smallest absolute Gasteiger partial charge is 0.337 e. The first kappa shape index (κ1) is 23.5. The molecule has 9 heteroatoms. The van der Waals surface area contributed by atoms with Crippen molar-refractivity contribution in [3.05, 3.63) is 70.8 Å². The van der Waals surface area contributed by atoms with Crippen molar-refractivity contribution >= 4 is 29.4 Å². The summed E-state index contributed by atoms with van der Waals surface area (Å²) in [6, 6.07) is 11.5. The highest BCUT2D eigenvalue weighted by atomic mass is 16.5. The minimum atomic E-state index is -1.02. The number of Topliss-reactive ketones (excluding diaryl/α,β-unsaturated/α-hetero) is 1. The molecule has 1 aliphatic rings. The van der Waals surface area contributed by atoms with Crippen molar-refractivity contribution in [2.75, 3.05) is 20.8 Å². The van der Waals surface area contributed by atoms with Gasteiger partial charge in [0.15, 0.2) is 0 Å². The topological polar surface area (TPSA) is 130 Å². The number of ether oxygens (including phenoxy) is 2. The van der Waals surface area contributed by atoms with Crippen LogP contribution in [-0.2, 0) is 19.1 Å². The van der Waals surface area contributed by atoms with Crippen LogP contribution in [0.15, 0.2) is 54.1 Å². The lowest BCUT2D eigenvalue weighted by molar-refractivity contribution is -0.140. The van der Waals surface area contributed by atoms with E-state index in [0.717, 1.165) is 0 Å². The molecule has 1 fully saturated rings. The first-order chi connectivity index (χ1) is 15.8. The Bertz CT molecular complexity index is 1100. The van der Waals surface area contributed by atoms with E-state index >= 15 is 0 Å². The summed E-state index contributed by atoms with van der Waals surface area (Å²) >= 11 is 0. The first-order valence-electron chi connectivity index (χ1n) is 10.1. The molecule has 0 bridgehead atoms. The van der Waals surface area contributed by atoms with Crippen LogP contribution in [0.3, 0.4) is 0 Å². The van der Waals surface area contributed by atoms with E-state index in [1.807, 2.05) is 0 Å². The van der Waals surface area contributed by atoms with Crippen molar-refractivity contribution in [3.63, 3.8) is 0 Å². The second kappa shape index (κ2) is 9.99. The van der Waals surface area contributed by atoms with Gasteiger partial charge in [0.05, 0.1) is 31.4 Å². The number of carboxylic acids is 1. The molecule has 0 saturated carbocycles. The van der Waals surface area contributed by atoms with Gasteiger partial charge in [-0.3, -0.25) is 14.4 Å². The maximum absolute atomic E-state index is 12.9. The van der Waals surface area contributed by atoms with Crippen LogP contribution in [0.5, 0.6) is 5.75 Å². The number of carbonyl (C=O) groups is 4. The highest BCUT2D eigenvalue weighted by Gasteiger charge is 2.45. The Balaban J connectivity index is 2.08. The number of aliphatic hydroxyl groups excluding tert-OH is 1. The number of aliphatic hydroxyl groups is 1. The van der Waals surface area contributed by atoms with Crippen molar-refractivity contribution in [2.24, 2.45) is 0 Å². The summed E-state index contributed by atoms with van der Waals surface area (Å²) < 4.78 is 9.81. The number of methoxy groups -OCH3 is 2. The first-order valence-corrected chi connectivity index (χ1v) is 10.1. The molecule has 1 saturated heterocycles. The fourth-order valence-corrected chi connectivity index (χ4v) is 3.68. The monoisotopic (exact) mass is 453 g/mol. The maximum atomic E-state index is 12.9. The molecule has 0 aliphatic carbocycles. The molecule has 0 aromatic heterocycles. The average molecular weight is 453 g/mol. The van der Waals surface area contributed by atoms with Crippen molar-refractivity contribution in [1.29, 1.82) is 0 Å². The number of aliphatic carboxylic acids is 1. The Kier molecular flexibility index (Phi) is 7.12. The number of carboxylic acid groups (broad SMARTS) is 1. The summed E-state index contributed by atoms with van der Waals surface area (Å²) in [5.74, 6) is -3.09. The van der Waals surface area contributed by atoms with E-state index in [-0.39, 0.29) is 36.3 Å². The number of hydrogen-bond donors (Lipinski definition) is 2. The van der Waals surface area contributed by atoms with Crippen LogP contribution < -0.4 is 4.74 Å². The van der Waals surface area contributed by atoms with Gasteiger partial charge in [-0.1, -0.05) is 12.1 Å². The van der Waals surface area contributed by atoms with E-state index in [2.05, 4.69) is 0 Å². The Morgan fingerprint density at radius 3 is 2.09 bits per heavy atom.